The Kier molecular flexibility index (Phi) is 6.80. The summed E-state index contributed by atoms with van der Waals surface area (Å²) >= 11 is 0. The lowest BCUT2D eigenvalue weighted by Crippen LogP contribution is -2.51. The lowest BCUT2D eigenvalue weighted by Gasteiger charge is -2.58. The van der Waals surface area contributed by atoms with Crippen molar-refractivity contribution in [3.8, 4) is 0 Å². The largest absolute Gasteiger partial charge is 0.378 e. The molecule has 172 valence electrons. The van der Waals surface area contributed by atoms with Crippen molar-refractivity contribution in [2.75, 3.05) is 6.61 Å². The first-order valence-corrected chi connectivity index (χ1v) is 13.6. The molecule has 30 heavy (non-hydrogen) atoms. The number of fused-ring (bicyclic) bond motifs is 5. The highest BCUT2D eigenvalue weighted by Crippen LogP contribution is 2.67. The summed E-state index contributed by atoms with van der Waals surface area (Å²) in [5.74, 6) is 5.63. The van der Waals surface area contributed by atoms with E-state index in [0.717, 1.165) is 42.1 Å². The van der Waals surface area contributed by atoms with E-state index in [4.69, 9.17) is 4.74 Å². The molecule has 0 saturated heterocycles. The average molecular weight is 415 g/mol. The minimum atomic E-state index is 0.471. The number of rotatable bonds is 7. The van der Waals surface area contributed by atoms with Crippen molar-refractivity contribution in [3.63, 3.8) is 0 Å². The van der Waals surface area contributed by atoms with E-state index >= 15 is 0 Å². The Labute approximate surface area is 187 Å². The topological polar surface area (TPSA) is 9.23 Å². The Hall–Kier alpha value is -0.300. The Morgan fingerprint density at radius 3 is 2.53 bits per heavy atom. The van der Waals surface area contributed by atoms with Gasteiger partial charge in [-0.15, -0.1) is 0 Å². The maximum Gasteiger partial charge on any atom is 0.0612 e. The van der Waals surface area contributed by atoms with E-state index in [0.29, 0.717) is 16.9 Å². The molecule has 8 atom stereocenters. The number of ether oxygens (including phenoxy) is 1. The highest BCUT2D eigenvalue weighted by Gasteiger charge is 2.59. The van der Waals surface area contributed by atoms with Crippen molar-refractivity contribution in [2.45, 2.75) is 118 Å². The maximum absolute atomic E-state index is 6.04. The van der Waals surface area contributed by atoms with Gasteiger partial charge in [0.25, 0.3) is 0 Å². The Balaban J connectivity index is 1.47. The van der Waals surface area contributed by atoms with Gasteiger partial charge in [0.2, 0.25) is 0 Å². The summed E-state index contributed by atoms with van der Waals surface area (Å²) in [6.45, 7) is 15.7. The van der Waals surface area contributed by atoms with Crippen molar-refractivity contribution in [1.82, 2.24) is 0 Å². The van der Waals surface area contributed by atoms with Gasteiger partial charge in [0.05, 0.1) is 6.10 Å². The Bertz CT molecular complexity index is 620. The molecule has 0 heterocycles. The fraction of sp³-hybridized carbons (Fsp3) is 0.931. The normalized spacial score (nSPS) is 44.2. The average Bonchev–Trinajstić information content (AvgIpc) is 3.05. The van der Waals surface area contributed by atoms with Gasteiger partial charge in [-0.25, -0.2) is 0 Å². The third-order valence-corrected chi connectivity index (χ3v) is 10.7. The first-order valence-electron chi connectivity index (χ1n) is 13.6. The molecule has 0 unspecified atom stereocenters. The molecule has 0 N–H and O–H groups in total. The van der Waals surface area contributed by atoms with Crippen molar-refractivity contribution in [1.29, 1.82) is 0 Å². The van der Waals surface area contributed by atoms with E-state index in [1.807, 2.05) is 0 Å². The molecule has 0 aliphatic heterocycles. The minimum Gasteiger partial charge on any atom is -0.378 e. The van der Waals surface area contributed by atoms with Gasteiger partial charge in [0.15, 0.2) is 0 Å². The highest BCUT2D eigenvalue weighted by molar-refractivity contribution is 5.25. The van der Waals surface area contributed by atoms with Gasteiger partial charge in [-0.05, 0) is 105 Å². The van der Waals surface area contributed by atoms with Crippen molar-refractivity contribution >= 4 is 0 Å². The molecule has 0 amide bonds. The molecular formula is C29H50O. The van der Waals surface area contributed by atoms with Crippen LogP contribution in [0.2, 0.25) is 0 Å². The number of allylic oxidation sites excluding steroid dienone is 1. The molecule has 0 aromatic heterocycles. The SMILES string of the molecule is CCO[C@H]1CC[C@@]2(C)C(=CC[C@H]3[C@H]4CC[C@@H]([C@H](C)CCCC(C)C)[C@@]4(C)CC[C@@H]32)C1. The fourth-order valence-electron chi connectivity index (χ4n) is 9.03. The molecule has 3 fully saturated rings. The van der Waals surface area contributed by atoms with Crippen LogP contribution in [0.15, 0.2) is 11.6 Å². The molecule has 0 spiro atoms. The molecule has 0 radical (unpaired) electrons. The smallest absolute Gasteiger partial charge is 0.0612 e. The van der Waals surface area contributed by atoms with Gasteiger partial charge in [0.1, 0.15) is 0 Å². The summed E-state index contributed by atoms with van der Waals surface area (Å²) in [4.78, 5) is 0. The van der Waals surface area contributed by atoms with Crippen LogP contribution in [0, 0.1) is 46.3 Å². The zero-order valence-corrected chi connectivity index (χ0v) is 21.0. The molecule has 4 aliphatic carbocycles. The molecule has 1 nitrogen and oxygen atoms in total. The molecule has 4 rings (SSSR count). The van der Waals surface area contributed by atoms with Crippen molar-refractivity contribution < 1.29 is 4.74 Å². The summed E-state index contributed by atoms with van der Waals surface area (Å²) in [6, 6.07) is 0. The second kappa shape index (κ2) is 8.92. The van der Waals surface area contributed by atoms with Gasteiger partial charge in [-0.3, -0.25) is 0 Å². The molecule has 3 saturated carbocycles. The lowest BCUT2D eigenvalue weighted by atomic mass is 9.47. The third-order valence-electron chi connectivity index (χ3n) is 10.7. The predicted molar refractivity (Wildman–Crippen MR) is 128 cm³/mol. The Morgan fingerprint density at radius 2 is 1.80 bits per heavy atom. The molecule has 0 bridgehead atoms. The summed E-state index contributed by atoms with van der Waals surface area (Å²) in [5, 5.41) is 0. The zero-order chi connectivity index (χ0) is 21.5. The van der Waals surface area contributed by atoms with Gasteiger partial charge in [-0.1, -0.05) is 65.5 Å². The monoisotopic (exact) mass is 414 g/mol. The van der Waals surface area contributed by atoms with Gasteiger partial charge >= 0.3 is 0 Å². The van der Waals surface area contributed by atoms with Crippen LogP contribution in [-0.2, 0) is 4.74 Å². The van der Waals surface area contributed by atoms with E-state index in [9.17, 15) is 0 Å². The fourth-order valence-corrected chi connectivity index (χ4v) is 9.03. The van der Waals surface area contributed by atoms with Crippen LogP contribution in [0.4, 0.5) is 0 Å². The molecule has 4 aliphatic rings. The second-order valence-corrected chi connectivity index (χ2v) is 12.6. The van der Waals surface area contributed by atoms with Crippen LogP contribution in [-0.4, -0.2) is 12.7 Å². The predicted octanol–water partition coefficient (Wildman–Crippen LogP) is 8.43. The maximum atomic E-state index is 6.04. The van der Waals surface area contributed by atoms with Crippen LogP contribution in [0.1, 0.15) is 112 Å². The van der Waals surface area contributed by atoms with E-state index in [-0.39, 0.29) is 0 Å². The number of hydrogen-bond acceptors (Lipinski definition) is 1. The summed E-state index contributed by atoms with van der Waals surface area (Å²) < 4.78 is 6.04. The van der Waals surface area contributed by atoms with E-state index < -0.39 is 0 Å². The first kappa shape index (κ1) is 22.9. The van der Waals surface area contributed by atoms with Crippen LogP contribution < -0.4 is 0 Å². The molecule has 0 aromatic carbocycles. The van der Waals surface area contributed by atoms with Crippen LogP contribution >= 0.6 is 0 Å². The van der Waals surface area contributed by atoms with E-state index in [2.05, 4.69) is 47.6 Å². The van der Waals surface area contributed by atoms with Crippen molar-refractivity contribution in [3.05, 3.63) is 11.6 Å². The Morgan fingerprint density at radius 1 is 1.00 bits per heavy atom. The molecular weight excluding hydrogens is 364 g/mol. The molecule has 1 heteroatoms. The quantitative estimate of drug-likeness (QED) is 0.380. The van der Waals surface area contributed by atoms with Crippen LogP contribution in [0.25, 0.3) is 0 Å². The summed E-state index contributed by atoms with van der Waals surface area (Å²) in [7, 11) is 0. The van der Waals surface area contributed by atoms with Crippen LogP contribution in [0.3, 0.4) is 0 Å². The first-order chi connectivity index (χ1) is 14.3. The standard InChI is InChI=1S/C29H50O/c1-7-30-23-15-17-28(5)22(19-23)11-12-24-26-14-13-25(21(4)10-8-9-20(2)3)29(26,6)18-16-27(24)28/h11,20-21,23-27H,7-10,12-19H2,1-6H3/t21-,23+,24+,25+,26-,27+,28+,29-/m1/s1. The van der Waals surface area contributed by atoms with E-state index in [1.54, 1.807) is 5.57 Å². The lowest BCUT2D eigenvalue weighted by molar-refractivity contribution is -0.0630. The van der Waals surface area contributed by atoms with Gasteiger partial charge in [0, 0.05) is 6.61 Å². The van der Waals surface area contributed by atoms with Crippen molar-refractivity contribution in [2.24, 2.45) is 46.3 Å². The van der Waals surface area contributed by atoms with E-state index in [1.165, 1.54) is 70.6 Å². The van der Waals surface area contributed by atoms with Gasteiger partial charge < -0.3 is 4.74 Å². The summed E-state index contributed by atoms with van der Waals surface area (Å²) in [6.07, 6.45) is 18.7. The minimum absolute atomic E-state index is 0.471. The second-order valence-electron chi connectivity index (χ2n) is 12.6. The van der Waals surface area contributed by atoms with Gasteiger partial charge in [-0.2, -0.15) is 0 Å². The number of hydrogen-bond donors (Lipinski definition) is 0. The molecule has 0 aromatic rings. The third kappa shape index (κ3) is 3.95. The highest BCUT2D eigenvalue weighted by atomic mass is 16.5. The zero-order valence-electron chi connectivity index (χ0n) is 21.0. The summed E-state index contributed by atoms with van der Waals surface area (Å²) in [5.41, 5.74) is 2.86. The van der Waals surface area contributed by atoms with Crippen LogP contribution in [0.5, 0.6) is 0 Å².